The van der Waals surface area contributed by atoms with Crippen LogP contribution < -0.4 is 10.6 Å². The normalized spacial score (nSPS) is 17.0. The molecule has 2 amide bonds. The number of rotatable bonds is 7. The predicted octanol–water partition coefficient (Wildman–Crippen LogP) is 4.72. The highest BCUT2D eigenvalue weighted by Crippen LogP contribution is 2.31. The maximum atomic E-state index is 13.0. The minimum absolute atomic E-state index is 0.0150. The molecular weight excluding hydrogens is 368 g/mol. The monoisotopic (exact) mass is 394 g/mol. The number of carboxylic acid groups (broad SMARTS) is 1. The van der Waals surface area contributed by atoms with E-state index in [-0.39, 0.29) is 17.6 Å². The minimum atomic E-state index is -1.26. The number of hydrogen-bond donors (Lipinski definition) is 3. The van der Waals surface area contributed by atoms with E-state index < -0.39 is 18.0 Å². The fourth-order valence-electron chi connectivity index (χ4n) is 3.46. The lowest BCUT2D eigenvalue weighted by Gasteiger charge is -2.24. The van der Waals surface area contributed by atoms with E-state index in [0.29, 0.717) is 22.7 Å². The average Bonchev–Trinajstić information content (AvgIpc) is 2.66. The van der Waals surface area contributed by atoms with Gasteiger partial charge in [0.25, 0.3) is 0 Å². The van der Waals surface area contributed by atoms with Crippen LogP contribution in [0.15, 0.2) is 18.2 Å². The molecule has 1 aromatic rings. The van der Waals surface area contributed by atoms with Crippen molar-refractivity contribution in [1.29, 1.82) is 0 Å². The van der Waals surface area contributed by atoms with Crippen LogP contribution in [0.1, 0.15) is 62.7 Å². The number of benzene rings is 1. The Kier molecular flexibility index (Phi) is 7.66. The summed E-state index contributed by atoms with van der Waals surface area (Å²) >= 11 is 6.09. The number of carbonyl (C=O) groups is 3. The zero-order chi connectivity index (χ0) is 20.0. The minimum Gasteiger partial charge on any atom is -0.465 e. The van der Waals surface area contributed by atoms with Gasteiger partial charge >= 0.3 is 6.09 Å². The topological polar surface area (TPSA) is 95.5 Å². The average molecular weight is 395 g/mol. The molecule has 0 unspecified atom stereocenters. The van der Waals surface area contributed by atoms with Gasteiger partial charge in [0.15, 0.2) is 5.78 Å². The molecule has 1 aliphatic rings. The number of Topliss-reactive ketones (excluding diaryl/α,β-unsaturated/α-hetero) is 1. The van der Waals surface area contributed by atoms with Crippen LogP contribution >= 0.6 is 11.6 Å². The van der Waals surface area contributed by atoms with Gasteiger partial charge in [0, 0.05) is 16.5 Å². The van der Waals surface area contributed by atoms with Crippen LogP contribution in [-0.2, 0) is 4.79 Å². The van der Waals surface area contributed by atoms with Crippen molar-refractivity contribution in [2.45, 2.75) is 58.4 Å². The molecule has 1 fully saturated rings. The van der Waals surface area contributed by atoms with Crippen molar-refractivity contribution in [2.24, 2.45) is 11.8 Å². The number of amides is 2. The summed E-state index contributed by atoms with van der Waals surface area (Å²) in [5.41, 5.74) is 0.765. The molecule has 6 nitrogen and oxygen atoms in total. The van der Waals surface area contributed by atoms with Crippen molar-refractivity contribution in [3.05, 3.63) is 28.8 Å². The van der Waals surface area contributed by atoms with Crippen LogP contribution in [0, 0.1) is 11.8 Å². The summed E-state index contributed by atoms with van der Waals surface area (Å²) in [5, 5.41) is 14.5. The number of hydrogen-bond acceptors (Lipinski definition) is 3. The Morgan fingerprint density at radius 1 is 1.22 bits per heavy atom. The second-order valence-electron chi connectivity index (χ2n) is 7.19. The van der Waals surface area contributed by atoms with E-state index in [1.807, 2.05) is 6.92 Å². The molecule has 7 heteroatoms. The second kappa shape index (κ2) is 9.74. The number of carbonyl (C=O) groups excluding carboxylic acids is 2. The van der Waals surface area contributed by atoms with Crippen LogP contribution in [0.2, 0.25) is 5.02 Å². The summed E-state index contributed by atoms with van der Waals surface area (Å²) in [6, 6.07) is 3.89. The summed E-state index contributed by atoms with van der Waals surface area (Å²) in [5.74, 6) is -0.744. The van der Waals surface area contributed by atoms with Crippen molar-refractivity contribution in [2.75, 3.05) is 5.32 Å². The van der Waals surface area contributed by atoms with Gasteiger partial charge in [0.05, 0.1) is 5.69 Å². The Hall–Kier alpha value is -2.08. The van der Waals surface area contributed by atoms with E-state index in [4.69, 9.17) is 16.7 Å². The first-order valence-corrected chi connectivity index (χ1v) is 9.85. The van der Waals surface area contributed by atoms with E-state index in [1.165, 1.54) is 0 Å². The highest BCUT2D eigenvalue weighted by molar-refractivity contribution is 6.31. The molecule has 0 aromatic heterocycles. The lowest BCUT2D eigenvalue weighted by Crippen LogP contribution is -2.47. The third-order valence-corrected chi connectivity index (χ3v) is 5.49. The smallest absolute Gasteiger partial charge is 0.405 e. The summed E-state index contributed by atoms with van der Waals surface area (Å²) < 4.78 is 0. The van der Waals surface area contributed by atoms with E-state index in [9.17, 15) is 14.4 Å². The maximum absolute atomic E-state index is 13.0. The number of ketones is 1. The Labute approximate surface area is 164 Å². The third-order valence-electron chi connectivity index (χ3n) is 5.26. The summed E-state index contributed by atoms with van der Waals surface area (Å²) in [6.45, 7) is 3.69. The molecule has 27 heavy (non-hydrogen) atoms. The molecule has 2 atom stereocenters. The molecule has 0 radical (unpaired) electrons. The summed E-state index contributed by atoms with van der Waals surface area (Å²) in [7, 11) is 0. The molecule has 0 saturated heterocycles. The first-order chi connectivity index (χ1) is 12.8. The molecule has 0 spiro atoms. The fourth-order valence-corrected chi connectivity index (χ4v) is 3.63. The van der Waals surface area contributed by atoms with Gasteiger partial charge in [-0.05, 0) is 37.0 Å². The molecule has 0 bridgehead atoms. The van der Waals surface area contributed by atoms with Crippen LogP contribution in [0.5, 0.6) is 0 Å². The molecule has 1 aromatic carbocycles. The summed E-state index contributed by atoms with van der Waals surface area (Å²) in [4.78, 5) is 36.7. The first kappa shape index (κ1) is 21.2. The molecule has 3 N–H and O–H groups in total. The van der Waals surface area contributed by atoms with Crippen LogP contribution in [0.3, 0.4) is 0 Å². The van der Waals surface area contributed by atoms with E-state index in [0.717, 1.165) is 32.1 Å². The Morgan fingerprint density at radius 3 is 2.48 bits per heavy atom. The maximum Gasteiger partial charge on any atom is 0.405 e. The van der Waals surface area contributed by atoms with Gasteiger partial charge in [-0.15, -0.1) is 0 Å². The Balaban J connectivity index is 2.25. The van der Waals surface area contributed by atoms with Gasteiger partial charge in [-0.1, -0.05) is 51.1 Å². The molecule has 148 valence electrons. The second-order valence-corrected chi connectivity index (χ2v) is 7.63. The van der Waals surface area contributed by atoms with Gasteiger partial charge in [-0.3, -0.25) is 9.59 Å². The van der Waals surface area contributed by atoms with Gasteiger partial charge in [-0.2, -0.15) is 0 Å². The highest BCUT2D eigenvalue weighted by atomic mass is 35.5. The Morgan fingerprint density at radius 2 is 1.89 bits per heavy atom. The van der Waals surface area contributed by atoms with Crippen LogP contribution in [0.25, 0.3) is 0 Å². The zero-order valence-corrected chi connectivity index (χ0v) is 16.5. The number of nitrogens with one attached hydrogen (secondary N) is 2. The SMILES string of the molecule is CC[C@H](C)[C@H](NC(=O)O)C(=O)Nc1ccc(Cl)cc1C(=O)C1CCCCC1. The predicted molar refractivity (Wildman–Crippen MR) is 105 cm³/mol. The van der Waals surface area contributed by atoms with Crippen molar-refractivity contribution in [3.8, 4) is 0 Å². The van der Waals surface area contributed by atoms with E-state index in [1.54, 1.807) is 25.1 Å². The molecule has 0 aliphatic heterocycles. The fraction of sp³-hybridized carbons (Fsp3) is 0.550. The lowest BCUT2D eigenvalue weighted by molar-refractivity contribution is -0.119. The summed E-state index contributed by atoms with van der Waals surface area (Å²) in [6.07, 6.45) is 4.25. The van der Waals surface area contributed by atoms with Gasteiger partial charge in [-0.25, -0.2) is 4.79 Å². The molecule has 1 saturated carbocycles. The Bertz CT molecular complexity index is 701. The largest absolute Gasteiger partial charge is 0.465 e. The van der Waals surface area contributed by atoms with Crippen molar-refractivity contribution in [1.82, 2.24) is 5.32 Å². The van der Waals surface area contributed by atoms with Crippen molar-refractivity contribution < 1.29 is 19.5 Å². The van der Waals surface area contributed by atoms with Gasteiger partial charge < -0.3 is 15.7 Å². The van der Waals surface area contributed by atoms with E-state index in [2.05, 4.69) is 10.6 Å². The quantitative estimate of drug-likeness (QED) is 0.583. The number of halogens is 1. The lowest BCUT2D eigenvalue weighted by atomic mass is 9.83. The number of anilines is 1. The zero-order valence-electron chi connectivity index (χ0n) is 15.8. The molecule has 1 aliphatic carbocycles. The van der Waals surface area contributed by atoms with Crippen molar-refractivity contribution >= 4 is 35.1 Å². The molecule has 2 rings (SSSR count). The first-order valence-electron chi connectivity index (χ1n) is 9.47. The highest BCUT2D eigenvalue weighted by Gasteiger charge is 2.29. The molecule has 0 heterocycles. The molecular formula is C20H27ClN2O4. The third kappa shape index (κ3) is 5.70. The standard InChI is InChI=1S/C20H27ClN2O4/c1-3-12(2)17(23-20(26)27)19(25)22-16-10-9-14(21)11-15(16)18(24)13-7-5-4-6-8-13/h9-13,17,23H,3-8H2,1-2H3,(H,22,25)(H,26,27)/t12-,17-/m0/s1. The van der Waals surface area contributed by atoms with Crippen LogP contribution in [-0.4, -0.2) is 28.9 Å². The van der Waals surface area contributed by atoms with Gasteiger partial charge in [0.2, 0.25) is 5.91 Å². The van der Waals surface area contributed by atoms with Crippen molar-refractivity contribution in [3.63, 3.8) is 0 Å². The van der Waals surface area contributed by atoms with Gasteiger partial charge in [0.1, 0.15) is 6.04 Å². The van der Waals surface area contributed by atoms with E-state index >= 15 is 0 Å². The van der Waals surface area contributed by atoms with Crippen LogP contribution in [0.4, 0.5) is 10.5 Å².